The highest BCUT2D eigenvalue weighted by atomic mass is 16.5. The molecule has 162 valence electrons. The topological polar surface area (TPSA) is 87.1 Å². The molecular weight excluding hydrogens is 406 g/mol. The molecule has 1 unspecified atom stereocenters. The number of aromatic hydroxyl groups is 1. The van der Waals surface area contributed by atoms with Crippen LogP contribution in [0.3, 0.4) is 0 Å². The maximum Gasteiger partial charge on any atom is 0.294 e. The van der Waals surface area contributed by atoms with Gasteiger partial charge in [0.1, 0.15) is 17.2 Å². The SMILES string of the molecule is CC(C)C(=O)C1=C(O)C(=O)N(c2ccc(Oc3ccccc3)cc2)C1c1ccc(O)cc1. The number of phenolic OH excluding ortho intramolecular Hbond substituents is 1. The van der Waals surface area contributed by atoms with Gasteiger partial charge in [-0.1, -0.05) is 44.2 Å². The number of phenols is 1. The lowest BCUT2D eigenvalue weighted by Gasteiger charge is -2.27. The summed E-state index contributed by atoms with van der Waals surface area (Å²) in [6.45, 7) is 3.44. The molecule has 0 saturated heterocycles. The number of hydrogen-bond acceptors (Lipinski definition) is 5. The van der Waals surface area contributed by atoms with E-state index < -0.39 is 23.6 Å². The van der Waals surface area contributed by atoms with Crippen molar-refractivity contribution in [2.45, 2.75) is 19.9 Å². The summed E-state index contributed by atoms with van der Waals surface area (Å²) in [6, 6.07) is 21.6. The van der Waals surface area contributed by atoms with E-state index in [1.165, 1.54) is 17.0 Å². The number of amides is 1. The van der Waals surface area contributed by atoms with Crippen molar-refractivity contribution in [1.82, 2.24) is 0 Å². The van der Waals surface area contributed by atoms with Gasteiger partial charge >= 0.3 is 0 Å². The van der Waals surface area contributed by atoms with Crippen LogP contribution >= 0.6 is 0 Å². The molecular formula is C26H23NO5. The fourth-order valence-corrected chi connectivity index (χ4v) is 3.71. The number of rotatable bonds is 6. The molecule has 0 fully saturated rings. The molecule has 1 heterocycles. The van der Waals surface area contributed by atoms with Crippen molar-refractivity contribution in [3.8, 4) is 17.2 Å². The van der Waals surface area contributed by atoms with E-state index in [0.717, 1.165) is 0 Å². The number of Topliss-reactive ketones (excluding diaryl/α,β-unsaturated/α-hetero) is 1. The van der Waals surface area contributed by atoms with Crippen LogP contribution < -0.4 is 9.64 Å². The fourth-order valence-electron chi connectivity index (χ4n) is 3.71. The zero-order valence-electron chi connectivity index (χ0n) is 17.7. The number of para-hydroxylation sites is 1. The number of ketones is 1. The number of hydrogen-bond donors (Lipinski definition) is 2. The van der Waals surface area contributed by atoms with E-state index >= 15 is 0 Å². The Morgan fingerprint density at radius 1 is 0.875 bits per heavy atom. The van der Waals surface area contributed by atoms with Gasteiger partial charge in [0.2, 0.25) is 0 Å². The Hall–Kier alpha value is -4.06. The average Bonchev–Trinajstić information content (AvgIpc) is 3.05. The van der Waals surface area contributed by atoms with Gasteiger partial charge in [-0.25, -0.2) is 0 Å². The highest BCUT2D eigenvalue weighted by Crippen LogP contribution is 2.42. The number of benzene rings is 3. The van der Waals surface area contributed by atoms with Crippen LogP contribution in [-0.4, -0.2) is 21.9 Å². The molecule has 6 nitrogen and oxygen atoms in total. The Balaban J connectivity index is 1.72. The molecule has 2 N–H and O–H groups in total. The first kappa shape index (κ1) is 21.2. The normalized spacial score (nSPS) is 16.0. The lowest BCUT2D eigenvalue weighted by molar-refractivity contribution is -0.119. The number of aliphatic hydroxyl groups is 1. The maximum atomic E-state index is 13.1. The molecule has 1 amide bonds. The second-order valence-corrected chi connectivity index (χ2v) is 7.86. The number of carbonyl (C=O) groups excluding carboxylic acids is 2. The summed E-state index contributed by atoms with van der Waals surface area (Å²) in [7, 11) is 0. The smallest absolute Gasteiger partial charge is 0.294 e. The minimum absolute atomic E-state index is 0.0558. The third kappa shape index (κ3) is 3.95. The van der Waals surface area contributed by atoms with E-state index in [2.05, 4.69) is 0 Å². The molecule has 0 radical (unpaired) electrons. The van der Waals surface area contributed by atoms with E-state index in [0.29, 0.717) is 22.7 Å². The molecule has 3 aromatic rings. The molecule has 0 aliphatic carbocycles. The van der Waals surface area contributed by atoms with Crippen molar-refractivity contribution in [2.75, 3.05) is 4.90 Å². The highest BCUT2D eigenvalue weighted by Gasteiger charge is 2.44. The molecule has 0 spiro atoms. The maximum absolute atomic E-state index is 13.1. The molecule has 1 aliphatic heterocycles. The summed E-state index contributed by atoms with van der Waals surface area (Å²) < 4.78 is 5.81. The molecule has 0 saturated carbocycles. The van der Waals surface area contributed by atoms with Gasteiger partial charge in [0.25, 0.3) is 5.91 Å². The van der Waals surface area contributed by atoms with Gasteiger partial charge in [0, 0.05) is 11.6 Å². The number of aliphatic hydroxyl groups excluding tert-OH is 1. The van der Waals surface area contributed by atoms with E-state index in [9.17, 15) is 19.8 Å². The molecule has 0 aromatic heterocycles. The van der Waals surface area contributed by atoms with E-state index in [1.54, 1.807) is 50.2 Å². The van der Waals surface area contributed by atoms with Crippen LogP contribution in [0, 0.1) is 5.92 Å². The summed E-state index contributed by atoms with van der Waals surface area (Å²) in [6.07, 6.45) is 0. The molecule has 3 aromatic carbocycles. The standard InChI is InChI=1S/C26H23NO5/c1-16(2)24(29)22-23(17-8-12-19(28)13-9-17)27(26(31)25(22)30)18-10-14-21(15-11-18)32-20-6-4-3-5-7-20/h3-16,23,28,30H,1-2H3. The van der Waals surface area contributed by atoms with Crippen LogP contribution in [0.5, 0.6) is 17.2 Å². The molecule has 1 aliphatic rings. The van der Waals surface area contributed by atoms with E-state index in [1.807, 2.05) is 30.3 Å². The first-order chi connectivity index (χ1) is 15.4. The zero-order valence-corrected chi connectivity index (χ0v) is 17.7. The van der Waals surface area contributed by atoms with Crippen molar-refractivity contribution in [3.63, 3.8) is 0 Å². The lowest BCUT2D eigenvalue weighted by atomic mass is 9.91. The molecule has 1 atom stereocenters. The highest BCUT2D eigenvalue weighted by molar-refractivity contribution is 6.16. The van der Waals surface area contributed by atoms with Gasteiger partial charge in [-0.15, -0.1) is 0 Å². The fraction of sp³-hybridized carbons (Fsp3) is 0.154. The van der Waals surface area contributed by atoms with Crippen molar-refractivity contribution in [2.24, 2.45) is 5.92 Å². The van der Waals surface area contributed by atoms with Crippen LogP contribution in [-0.2, 0) is 9.59 Å². The monoisotopic (exact) mass is 429 g/mol. The Morgan fingerprint density at radius 2 is 1.47 bits per heavy atom. The molecule has 0 bridgehead atoms. The first-order valence-corrected chi connectivity index (χ1v) is 10.3. The zero-order chi connectivity index (χ0) is 22.8. The number of ether oxygens (including phenoxy) is 1. The summed E-state index contributed by atoms with van der Waals surface area (Å²) >= 11 is 0. The number of anilines is 1. The van der Waals surface area contributed by atoms with Crippen LogP contribution in [0.4, 0.5) is 5.69 Å². The number of nitrogens with zero attached hydrogens (tertiary/aromatic N) is 1. The van der Waals surface area contributed by atoms with Crippen molar-refractivity contribution in [3.05, 3.63) is 95.8 Å². The van der Waals surface area contributed by atoms with Crippen LogP contribution in [0.25, 0.3) is 0 Å². The summed E-state index contributed by atoms with van der Waals surface area (Å²) in [4.78, 5) is 27.4. The van der Waals surface area contributed by atoms with E-state index in [-0.39, 0.29) is 17.1 Å². The Bertz CT molecular complexity index is 1170. The second kappa shape index (κ2) is 8.59. The second-order valence-electron chi connectivity index (χ2n) is 7.86. The molecule has 32 heavy (non-hydrogen) atoms. The molecule has 6 heteroatoms. The van der Waals surface area contributed by atoms with Gasteiger partial charge in [-0.3, -0.25) is 14.5 Å². The van der Waals surface area contributed by atoms with Crippen molar-refractivity contribution >= 4 is 17.4 Å². The summed E-state index contributed by atoms with van der Waals surface area (Å²) in [5.74, 6) is -0.569. The minimum Gasteiger partial charge on any atom is -0.508 e. The first-order valence-electron chi connectivity index (χ1n) is 10.3. The van der Waals surface area contributed by atoms with E-state index in [4.69, 9.17) is 4.74 Å². The lowest BCUT2D eigenvalue weighted by Crippen LogP contribution is -2.31. The predicted octanol–water partition coefficient (Wildman–Crippen LogP) is 5.31. The Labute approximate surface area is 186 Å². The molecule has 4 rings (SSSR count). The van der Waals surface area contributed by atoms with Crippen molar-refractivity contribution in [1.29, 1.82) is 0 Å². The van der Waals surface area contributed by atoms with Gasteiger partial charge in [0.05, 0.1) is 11.6 Å². The Morgan fingerprint density at radius 3 is 2.06 bits per heavy atom. The van der Waals surface area contributed by atoms with Gasteiger partial charge < -0.3 is 14.9 Å². The summed E-state index contributed by atoms with van der Waals surface area (Å²) in [5, 5.41) is 20.3. The van der Waals surface area contributed by atoms with Crippen LogP contribution in [0.1, 0.15) is 25.5 Å². The average molecular weight is 429 g/mol. The minimum atomic E-state index is -0.807. The summed E-state index contributed by atoms with van der Waals surface area (Å²) in [5.41, 5.74) is 1.17. The van der Waals surface area contributed by atoms with Crippen LogP contribution in [0.2, 0.25) is 0 Å². The van der Waals surface area contributed by atoms with Gasteiger partial charge in [0.15, 0.2) is 11.5 Å². The number of carbonyl (C=O) groups is 2. The van der Waals surface area contributed by atoms with Crippen LogP contribution in [0.15, 0.2) is 90.2 Å². The van der Waals surface area contributed by atoms with Crippen molar-refractivity contribution < 1.29 is 24.5 Å². The largest absolute Gasteiger partial charge is 0.508 e. The third-order valence-corrected chi connectivity index (χ3v) is 5.30. The van der Waals surface area contributed by atoms with Gasteiger partial charge in [-0.05, 0) is 54.1 Å². The third-order valence-electron chi connectivity index (χ3n) is 5.30. The van der Waals surface area contributed by atoms with Gasteiger partial charge in [-0.2, -0.15) is 0 Å². The predicted molar refractivity (Wildman–Crippen MR) is 121 cm³/mol. The Kier molecular flexibility index (Phi) is 5.69. The quantitative estimate of drug-likeness (QED) is 0.555.